The normalized spacial score (nSPS) is 20.5. The van der Waals surface area contributed by atoms with Gasteiger partial charge in [-0.3, -0.25) is 4.79 Å². The van der Waals surface area contributed by atoms with Crippen LogP contribution in [0.15, 0.2) is 24.3 Å². The zero-order valence-electron chi connectivity index (χ0n) is 14.6. The third-order valence-corrected chi connectivity index (χ3v) is 5.38. The molecule has 0 spiro atoms. The monoisotopic (exact) mass is 364 g/mol. The summed E-state index contributed by atoms with van der Waals surface area (Å²) in [7, 11) is 1.66. The average molecular weight is 365 g/mol. The van der Waals surface area contributed by atoms with Gasteiger partial charge in [0, 0.05) is 62.8 Å². The summed E-state index contributed by atoms with van der Waals surface area (Å²) in [6.07, 6.45) is 1.74. The highest BCUT2D eigenvalue weighted by Gasteiger charge is 2.30. The van der Waals surface area contributed by atoms with Crippen LogP contribution in [0.4, 0.5) is 4.79 Å². The minimum Gasteiger partial charge on any atom is -0.341 e. The highest BCUT2D eigenvalue weighted by atomic mass is 35.5. The number of carbonyl (C=O) groups is 2. The van der Waals surface area contributed by atoms with Gasteiger partial charge in [0.25, 0.3) is 0 Å². The lowest BCUT2D eigenvalue weighted by atomic mass is 9.89. The molecule has 1 aromatic rings. The maximum atomic E-state index is 12.6. The molecule has 2 aliphatic rings. The Hall–Kier alpha value is -1.63. The largest absolute Gasteiger partial charge is 0.341 e. The molecule has 3 rings (SSSR count). The summed E-state index contributed by atoms with van der Waals surface area (Å²) in [5.74, 6) is 0.310. The first-order valence-corrected chi connectivity index (χ1v) is 9.22. The van der Waals surface area contributed by atoms with Gasteiger partial charge < -0.3 is 10.2 Å². The molecule has 0 atom stereocenters. The van der Waals surface area contributed by atoms with Crippen LogP contribution in [0.3, 0.4) is 0 Å². The zero-order chi connectivity index (χ0) is 17.8. The highest BCUT2D eigenvalue weighted by Crippen LogP contribution is 2.24. The molecule has 1 aromatic carbocycles. The van der Waals surface area contributed by atoms with E-state index in [9.17, 15) is 9.59 Å². The van der Waals surface area contributed by atoms with E-state index in [1.165, 1.54) is 0 Å². The van der Waals surface area contributed by atoms with Crippen LogP contribution in [0, 0.1) is 5.92 Å². The van der Waals surface area contributed by atoms with E-state index in [2.05, 4.69) is 15.3 Å². The van der Waals surface area contributed by atoms with Crippen LogP contribution < -0.4 is 5.32 Å². The first-order chi connectivity index (χ1) is 12.1. The fraction of sp³-hybridized carbons (Fsp3) is 0.556. The minimum atomic E-state index is -0.00748. The maximum absolute atomic E-state index is 12.6. The summed E-state index contributed by atoms with van der Waals surface area (Å²) in [5.41, 5.74) is 0.752. The fourth-order valence-electron chi connectivity index (χ4n) is 3.60. The second-order valence-electron chi connectivity index (χ2n) is 6.59. The van der Waals surface area contributed by atoms with Gasteiger partial charge in [-0.1, -0.05) is 11.6 Å². The number of Topliss-reactive ketones (excluding diaryl/α,β-unsaturated/α-hetero) is 1. The number of piperazine rings is 1. The van der Waals surface area contributed by atoms with Crippen molar-refractivity contribution in [2.45, 2.75) is 12.8 Å². The molecule has 0 bridgehead atoms. The van der Waals surface area contributed by atoms with Gasteiger partial charge in [-0.15, -0.1) is 0 Å². The van der Waals surface area contributed by atoms with Crippen molar-refractivity contribution >= 4 is 23.4 Å². The van der Waals surface area contributed by atoms with E-state index in [1.54, 1.807) is 19.2 Å². The van der Waals surface area contributed by atoms with Gasteiger partial charge in [0.1, 0.15) is 0 Å². The van der Waals surface area contributed by atoms with Crippen LogP contribution in [0.25, 0.3) is 0 Å². The van der Waals surface area contributed by atoms with E-state index in [0.29, 0.717) is 5.02 Å². The van der Waals surface area contributed by atoms with Crippen LogP contribution in [-0.4, -0.2) is 73.0 Å². The quantitative estimate of drug-likeness (QED) is 0.834. The molecule has 0 aromatic heterocycles. The summed E-state index contributed by atoms with van der Waals surface area (Å²) in [6.45, 7) is 4.97. The minimum absolute atomic E-state index is 0.00748. The van der Waals surface area contributed by atoms with Gasteiger partial charge >= 0.3 is 6.03 Å². The third-order valence-electron chi connectivity index (χ3n) is 5.13. The fourth-order valence-corrected chi connectivity index (χ4v) is 3.73. The molecule has 2 amide bonds. The van der Waals surface area contributed by atoms with Crippen LogP contribution in [-0.2, 0) is 0 Å². The Morgan fingerprint density at radius 2 is 1.52 bits per heavy atom. The molecule has 6 nitrogen and oxygen atoms in total. The number of rotatable bonds is 3. The van der Waals surface area contributed by atoms with Gasteiger partial charge in [0.15, 0.2) is 5.78 Å². The Balaban J connectivity index is 1.48. The summed E-state index contributed by atoms with van der Waals surface area (Å²) in [6, 6.07) is 7.17. The van der Waals surface area contributed by atoms with Crippen molar-refractivity contribution in [3.8, 4) is 0 Å². The molecule has 0 aliphatic carbocycles. The SMILES string of the molecule is CNC(=O)N1CCN(N2CCC(C(=O)c3ccc(Cl)cc3)CC2)CC1. The second-order valence-corrected chi connectivity index (χ2v) is 7.03. The molecule has 2 aliphatic heterocycles. The smallest absolute Gasteiger partial charge is 0.317 e. The Morgan fingerprint density at radius 3 is 2.08 bits per heavy atom. The van der Waals surface area contributed by atoms with Crippen molar-refractivity contribution in [1.29, 1.82) is 0 Å². The van der Waals surface area contributed by atoms with Gasteiger partial charge in [-0.2, -0.15) is 0 Å². The number of halogens is 1. The zero-order valence-corrected chi connectivity index (χ0v) is 15.3. The number of nitrogens with one attached hydrogen (secondary N) is 1. The van der Waals surface area contributed by atoms with Crippen LogP contribution in [0.1, 0.15) is 23.2 Å². The summed E-state index contributed by atoms with van der Waals surface area (Å²) in [5, 5.41) is 7.99. The van der Waals surface area contributed by atoms with Crippen LogP contribution >= 0.6 is 11.6 Å². The molecule has 2 heterocycles. The van der Waals surface area contributed by atoms with Crippen LogP contribution in [0.5, 0.6) is 0 Å². The van der Waals surface area contributed by atoms with Gasteiger partial charge in [-0.05, 0) is 37.1 Å². The summed E-state index contributed by atoms with van der Waals surface area (Å²) in [4.78, 5) is 26.1. The van der Waals surface area contributed by atoms with Gasteiger partial charge in [-0.25, -0.2) is 14.8 Å². The number of hydrogen-bond acceptors (Lipinski definition) is 4. The van der Waals surface area contributed by atoms with Crippen molar-refractivity contribution in [2.24, 2.45) is 5.92 Å². The number of hydrazine groups is 1. The van der Waals surface area contributed by atoms with E-state index in [0.717, 1.165) is 57.7 Å². The molecule has 0 radical (unpaired) electrons. The number of urea groups is 1. The van der Waals surface area contributed by atoms with E-state index >= 15 is 0 Å². The van der Waals surface area contributed by atoms with E-state index in [1.807, 2.05) is 17.0 Å². The van der Waals surface area contributed by atoms with Gasteiger partial charge in [0.2, 0.25) is 0 Å². The number of carbonyl (C=O) groups excluding carboxylic acids is 2. The Bertz CT molecular complexity index is 606. The number of hydrogen-bond donors (Lipinski definition) is 1. The number of piperidine rings is 1. The lowest BCUT2D eigenvalue weighted by Crippen LogP contribution is -2.57. The average Bonchev–Trinajstić information content (AvgIpc) is 2.67. The summed E-state index contributed by atoms with van der Waals surface area (Å²) >= 11 is 5.89. The Labute approximate surface area is 153 Å². The molecule has 2 saturated heterocycles. The first-order valence-electron chi connectivity index (χ1n) is 8.84. The van der Waals surface area contributed by atoms with Crippen molar-refractivity contribution in [1.82, 2.24) is 20.2 Å². The standard InChI is InChI=1S/C18H25ClN4O2/c1-20-18(25)21-10-12-23(13-11-21)22-8-6-15(7-9-22)17(24)14-2-4-16(19)5-3-14/h2-5,15H,6-13H2,1H3,(H,20,25). The number of amides is 2. The number of benzene rings is 1. The number of nitrogens with zero attached hydrogens (tertiary/aromatic N) is 3. The number of ketones is 1. The Kier molecular flexibility index (Phi) is 5.93. The molecular weight excluding hydrogens is 340 g/mol. The molecule has 0 saturated carbocycles. The predicted octanol–water partition coefficient (Wildman–Crippen LogP) is 2.11. The van der Waals surface area contributed by atoms with E-state index < -0.39 is 0 Å². The van der Waals surface area contributed by atoms with Crippen molar-refractivity contribution < 1.29 is 9.59 Å². The van der Waals surface area contributed by atoms with Gasteiger partial charge in [0.05, 0.1) is 0 Å². The summed E-state index contributed by atoms with van der Waals surface area (Å²) < 4.78 is 0. The lowest BCUT2D eigenvalue weighted by Gasteiger charge is -2.43. The first kappa shape index (κ1) is 18.2. The lowest BCUT2D eigenvalue weighted by molar-refractivity contribution is -0.0675. The van der Waals surface area contributed by atoms with Crippen molar-refractivity contribution in [3.05, 3.63) is 34.9 Å². The second kappa shape index (κ2) is 8.17. The molecule has 25 heavy (non-hydrogen) atoms. The maximum Gasteiger partial charge on any atom is 0.317 e. The molecular formula is C18H25ClN4O2. The molecule has 2 fully saturated rings. The van der Waals surface area contributed by atoms with Crippen molar-refractivity contribution in [2.75, 3.05) is 46.3 Å². The molecule has 136 valence electrons. The van der Waals surface area contributed by atoms with Crippen LogP contribution in [0.2, 0.25) is 5.02 Å². The van der Waals surface area contributed by atoms with E-state index in [4.69, 9.17) is 11.6 Å². The molecule has 0 unspecified atom stereocenters. The predicted molar refractivity (Wildman–Crippen MR) is 97.7 cm³/mol. The molecule has 1 N–H and O–H groups in total. The van der Waals surface area contributed by atoms with E-state index in [-0.39, 0.29) is 17.7 Å². The Morgan fingerprint density at radius 1 is 0.960 bits per heavy atom. The molecule has 7 heteroatoms. The topological polar surface area (TPSA) is 55.9 Å². The highest BCUT2D eigenvalue weighted by molar-refractivity contribution is 6.30. The van der Waals surface area contributed by atoms with Crippen molar-refractivity contribution in [3.63, 3.8) is 0 Å². The third kappa shape index (κ3) is 4.32.